The number of carbonyl (C=O) groups is 1. The van der Waals surface area contributed by atoms with Crippen molar-refractivity contribution in [2.75, 3.05) is 6.16 Å². The minimum atomic E-state index is -2.77. The van der Waals surface area contributed by atoms with Crippen molar-refractivity contribution in [3.05, 3.63) is 41.5 Å². The minimum absolute atomic E-state index is 0.0467. The number of carboxylic acids is 1. The predicted octanol–water partition coefficient (Wildman–Crippen LogP) is 3.77. The Kier molecular flexibility index (Phi) is 6.85. The van der Waals surface area contributed by atoms with E-state index in [9.17, 15) is 14.8 Å². The normalized spacial score (nSPS) is 20.3. The van der Waals surface area contributed by atoms with Gasteiger partial charge in [-0.2, -0.15) is 0 Å². The van der Waals surface area contributed by atoms with Crippen LogP contribution >= 0.6 is 7.11 Å². The largest absolute Gasteiger partial charge is 0.478 e. The molecule has 1 aromatic rings. The van der Waals surface area contributed by atoms with E-state index in [1.165, 1.54) is 19.3 Å². The van der Waals surface area contributed by atoms with Gasteiger partial charge in [-0.1, -0.05) is 68.7 Å². The molecule has 0 spiro atoms. The molecule has 0 aliphatic heterocycles. The second kappa shape index (κ2) is 8.66. The van der Waals surface area contributed by atoms with Crippen molar-refractivity contribution in [3.8, 4) is 0 Å². The van der Waals surface area contributed by atoms with Crippen LogP contribution in [0.1, 0.15) is 44.1 Å². The molecule has 2 unspecified atom stereocenters. The molecule has 0 aromatic heterocycles. The SMILES string of the molecule is C=P(O)(C/C(=C\c1ccccc1)C(=O)O)C(N)CC1CCCCC1. The van der Waals surface area contributed by atoms with Crippen molar-refractivity contribution in [2.45, 2.75) is 44.3 Å². The number of benzene rings is 1. The molecular weight excluding hydrogens is 321 g/mol. The molecule has 1 aromatic carbocycles. The number of carboxylic acid groups (broad SMARTS) is 1. The molecule has 1 aliphatic rings. The Morgan fingerprint density at radius 3 is 2.50 bits per heavy atom. The van der Waals surface area contributed by atoms with Gasteiger partial charge in [0, 0.05) is 24.6 Å². The summed E-state index contributed by atoms with van der Waals surface area (Å²) in [6.07, 6.45) is 12.4. The van der Waals surface area contributed by atoms with Crippen molar-refractivity contribution < 1.29 is 14.8 Å². The van der Waals surface area contributed by atoms with Crippen molar-refractivity contribution in [1.82, 2.24) is 0 Å². The van der Waals surface area contributed by atoms with Crippen LogP contribution in [0, 0.1) is 5.92 Å². The summed E-state index contributed by atoms with van der Waals surface area (Å²) < 4.78 is 0. The Balaban J connectivity index is 2.07. The fourth-order valence-electron chi connectivity index (χ4n) is 3.30. The highest BCUT2D eigenvalue weighted by atomic mass is 31.2. The number of rotatable bonds is 7. The molecular formula is C19H28NO3P. The van der Waals surface area contributed by atoms with Gasteiger partial charge in [0.1, 0.15) is 0 Å². The molecule has 4 nitrogen and oxygen atoms in total. The predicted molar refractivity (Wildman–Crippen MR) is 102 cm³/mol. The lowest BCUT2D eigenvalue weighted by atomic mass is 9.87. The molecule has 0 bridgehead atoms. The van der Waals surface area contributed by atoms with Crippen LogP contribution in [0.25, 0.3) is 6.08 Å². The van der Waals surface area contributed by atoms with E-state index in [0.29, 0.717) is 5.92 Å². The molecule has 5 heteroatoms. The molecule has 0 heterocycles. The summed E-state index contributed by atoms with van der Waals surface area (Å²) in [6.45, 7) is 0. The first-order valence-electron chi connectivity index (χ1n) is 8.58. The molecule has 0 amide bonds. The molecule has 2 rings (SSSR count). The molecule has 0 saturated heterocycles. The van der Waals surface area contributed by atoms with Gasteiger partial charge < -0.3 is 15.7 Å². The fraction of sp³-hybridized carbons (Fsp3) is 0.474. The molecule has 24 heavy (non-hydrogen) atoms. The molecule has 1 aliphatic carbocycles. The summed E-state index contributed by atoms with van der Waals surface area (Å²) >= 11 is 0. The smallest absolute Gasteiger partial charge is 0.332 e. The number of aliphatic carboxylic acids is 1. The minimum Gasteiger partial charge on any atom is -0.478 e. The van der Waals surface area contributed by atoms with E-state index in [1.54, 1.807) is 6.08 Å². The third kappa shape index (κ3) is 5.62. The van der Waals surface area contributed by atoms with Crippen LogP contribution in [0.5, 0.6) is 0 Å². The molecule has 1 fully saturated rings. The lowest BCUT2D eigenvalue weighted by molar-refractivity contribution is -0.132. The Bertz CT molecular complexity index is 621. The van der Waals surface area contributed by atoms with E-state index in [-0.39, 0.29) is 11.7 Å². The summed E-state index contributed by atoms with van der Waals surface area (Å²) in [6, 6.07) is 9.26. The average Bonchev–Trinajstić information content (AvgIpc) is 2.56. The van der Waals surface area contributed by atoms with E-state index in [0.717, 1.165) is 24.8 Å². The molecule has 4 N–H and O–H groups in total. The summed E-state index contributed by atoms with van der Waals surface area (Å²) in [5, 5.41) is 9.47. The Morgan fingerprint density at radius 1 is 1.29 bits per heavy atom. The zero-order valence-corrected chi connectivity index (χ0v) is 15.0. The number of hydrogen-bond donors (Lipinski definition) is 3. The Labute approximate surface area is 144 Å². The van der Waals surface area contributed by atoms with Crippen LogP contribution in [0.4, 0.5) is 0 Å². The maximum Gasteiger partial charge on any atom is 0.332 e. The monoisotopic (exact) mass is 349 g/mol. The van der Waals surface area contributed by atoms with Gasteiger partial charge in [-0.3, -0.25) is 0 Å². The molecule has 1 saturated carbocycles. The Hall–Kier alpha value is -1.35. The third-order valence-electron chi connectivity index (χ3n) is 4.78. The average molecular weight is 349 g/mol. The highest BCUT2D eigenvalue weighted by Gasteiger charge is 2.27. The lowest BCUT2D eigenvalue weighted by Gasteiger charge is -2.30. The standard InChI is InChI=1S/C19H28NO3P/c1-24(23,18(20)13-16-10-6-3-7-11-16)14-17(19(21)22)12-15-8-4-2-5-9-15/h2,4-5,8-9,12,16,18,23H,1,3,6-7,10-11,13-14,20H2,(H,21,22)/b17-12+. The van der Waals surface area contributed by atoms with Gasteiger partial charge in [-0.05, 0) is 24.0 Å². The summed E-state index contributed by atoms with van der Waals surface area (Å²) in [4.78, 5) is 22.3. The zero-order valence-electron chi connectivity index (χ0n) is 14.1. The van der Waals surface area contributed by atoms with Crippen LogP contribution in [-0.2, 0) is 4.79 Å². The Morgan fingerprint density at radius 2 is 1.92 bits per heavy atom. The second-order valence-electron chi connectivity index (χ2n) is 6.84. The highest BCUT2D eigenvalue weighted by molar-refractivity contribution is 7.69. The zero-order chi connectivity index (χ0) is 17.6. The lowest BCUT2D eigenvalue weighted by Crippen LogP contribution is -2.27. The van der Waals surface area contributed by atoms with Gasteiger partial charge in [0.05, 0.1) is 0 Å². The maximum atomic E-state index is 11.6. The van der Waals surface area contributed by atoms with Crippen LogP contribution in [-0.4, -0.2) is 34.2 Å². The van der Waals surface area contributed by atoms with E-state index in [4.69, 9.17) is 5.73 Å². The van der Waals surface area contributed by atoms with Crippen molar-refractivity contribution in [3.63, 3.8) is 0 Å². The summed E-state index contributed by atoms with van der Waals surface area (Å²) in [5.41, 5.74) is 7.21. The van der Waals surface area contributed by atoms with Crippen molar-refractivity contribution >= 4 is 25.5 Å². The number of nitrogens with two attached hydrogens (primary N) is 1. The van der Waals surface area contributed by atoms with E-state index in [2.05, 4.69) is 6.30 Å². The third-order valence-corrected chi connectivity index (χ3v) is 7.11. The molecule has 0 radical (unpaired) electrons. The first kappa shape index (κ1) is 19.0. The summed E-state index contributed by atoms with van der Waals surface area (Å²) in [7, 11) is -2.77. The van der Waals surface area contributed by atoms with Crippen LogP contribution in [0.15, 0.2) is 35.9 Å². The summed E-state index contributed by atoms with van der Waals surface area (Å²) in [5.74, 6) is -0.904. The van der Waals surface area contributed by atoms with Gasteiger partial charge >= 0.3 is 5.97 Å². The number of hydrogen-bond acceptors (Lipinski definition) is 3. The first-order valence-corrected chi connectivity index (χ1v) is 10.8. The van der Waals surface area contributed by atoms with Crippen LogP contribution in [0.3, 0.4) is 0 Å². The van der Waals surface area contributed by atoms with Gasteiger partial charge in [0.2, 0.25) is 0 Å². The van der Waals surface area contributed by atoms with E-state index in [1.807, 2.05) is 30.3 Å². The second-order valence-corrected chi connectivity index (χ2v) is 9.79. The van der Waals surface area contributed by atoms with Crippen LogP contribution in [0.2, 0.25) is 0 Å². The van der Waals surface area contributed by atoms with Gasteiger partial charge in [-0.15, -0.1) is 0 Å². The van der Waals surface area contributed by atoms with Gasteiger partial charge in [0.15, 0.2) is 0 Å². The highest BCUT2D eigenvalue weighted by Crippen LogP contribution is 2.48. The topological polar surface area (TPSA) is 83.5 Å². The first-order chi connectivity index (χ1) is 11.4. The van der Waals surface area contributed by atoms with E-state index >= 15 is 0 Å². The van der Waals surface area contributed by atoms with Crippen LogP contribution < -0.4 is 5.73 Å². The molecule has 2 atom stereocenters. The molecule has 132 valence electrons. The van der Waals surface area contributed by atoms with Crippen molar-refractivity contribution in [2.24, 2.45) is 11.7 Å². The van der Waals surface area contributed by atoms with E-state index < -0.39 is 18.9 Å². The quantitative estimate of drug-likeness (QED) is 0.517. The van der Waals surface area contributed by atoms with Gasteiger partial charge in [-0.25, -0.2) is 4.79 Å². The van der Waals surface area contributed by atoms with Gasteiger partial charge in [0.25, 0.3) is 0 Å². The fourth-order valence-corrected chi connectivity index (χ4v) is 5.04. The van der Waals surface area contributed by atoms with Crippen molar-refractivity contribution in [1.29, 1.82) is 0 Å². The maximum absolute atomic E-state index is 11.6.